The highest BCUT2D eigenvalue weighted by Gasteiger charge is 2.51. The van der Waals surface area contributed by atoms with Crippen LogP contribution in [-0.2, 0) is 9.59 Å². The molecule has 3 amide bonds. The molecular formula is C25H23ClN2O5. The summed E-state index contributed by atoms with van der Waals surface area (Å²) in [6.45, 7) is 1.44. The summed E-state index contributed by atoms with van der Waals surface area (Å²) in [6.07, 6.45) is 2.84. The summed E-state index contributed by atoms with van der Waals surface area (Å²) >= 11 is 5.94. The van der Waals surface area contributed by atoms with Crippen molar-refractivity contribution in [1.29, 1.82) is 0 Å². The van der Waals surface area contributed by atoms with E-state index >= 15 is 0 Å². The van der Waals surface area contributed by atoms with Crippen molar-refractivity contribution in [1.82, 2.24) is 10.0 Å². The van der Waals surface area contributed by atoms with Gasteiger partial charge in [0, 0.05) is 16.1 Å². The molecule has 170 valence electrons. The van der Waals surface area contributed by atoms with Crippen molar-refractivity contribution < 1.29 is 23.9 Å². The van der Waals surface area contributed by atoms with E-state index in [9.17, 15) is 19.2 Å². The Morgan fingerprint density at radius 3 is 2.45 bits per heavy atom. The number of nitrogens with zero attached hydrogens (tertiary/aromatic N) is 2. The van der Waals surface area contributed by atoms with E-state index in [1.165, 1.54) is 31.4 Å². The molecular weight excluding hydrogens is 444 g/mol. The molecule has 0 bridgehead atoms. The van der Waals surface area contributed by atoms with Gasteiger partial charge in [0.25, 0.3) is 17.7 Å². The number of methoxy groups -OCH3 is 1. The van der Waals surface area contributed by atoms with Gasteiger partial charge in [-0.15, -0.1) is 0 Å². The van der Waals surface area contributed by atoms with Crippen LogP contribution in [0.4, 0.5) is 0 Å². The summed E-state index contributed by atoms with van der Waals surface area (Å²) in [6, 6.07) is 12.6. The molecule has 4 rings (SSSR count). The van der Waals surface area contributed by atoms with Crippen molar-refractivity contribution in [3.8, 4) is 5.75 Å². The lowest BCUT2D eigenvalue weighted by Gasteiger charge is -2.30. The van der Waals surface area contributed by atoms with Gasteiger partial charge in [-0.1, -0.05) is 35.4 Å². The smallest absolute Gasteiger partial charge is 0.273 e. The lowest BCUT2D eigenvalue weighted by molar-refractivity contribution is -0.154. The monoisotopic (exact) mass is 466 g/mol. The fourth-order valence-electron chi connectivity index (χ4n) is 4.26. The first kappa shape index (κ1) is 22.7. The van der Waals surface area contributed by atoms with Gasteiger partial charge in [-0.3, -0.25) is 19.2 Å². The van der Waals surface area contributed by atoms with Gasteiger partial charge in [0.1, 0.15) is 12.3 Å². The second-order valence-corrected chi connectivity index (χ2v) is 8.65. The molecule has 0 spiro atoms. The van der Waals surface area contributed by atoms with Crippen LogP contribution >= 0.6 is 11.6 Å². The van der Waals surface area contributed by atoms with Gasteiger partial charge in [-0.2, -0.15) is 5.01 Å². The SMILES string of the molecule is COc1cccc(C(=O)CN(C(=O)c2ccc(Cl)cc2)N2C(=O)[C@H]3CC(C)=CC[C@H]3C2=O)c1. The molecule has 0 aromatic heterocycles. The third-order valence-electron chi connectivity index (χ3n) is 6.05. The summed E-state index contributed by atoms with van der Waals surface area (Å²) in [7, 11) is 1.49. The third kappa shape index (κ3) is 4.41. The Morgan fingerprint density at radius 1 is 1.06 bits per heavy atom. The van der Waals surface area contributed by atoms with Crippen molar-refractivity contribution >= 4 is 35.1 Å². The fourth-order valence-corrected chi connectivity index (χ4v) is 4.38. The minimum Gasteiger partial charge on any atom is -0.497 e. The highest BCUT2D eigenvalue weighted by atomic mass is 35.5. The number of Topliss-reactive ketones (excluding diaryl/α,β-unsaturated/α-hetero) is 1. The topological polar surface area (TPSA) is 84.0 Å². The summed E-state index contributed by atoms with van der Waals surface area (Å²) in [5.74, 6) is -2.57. The molecule has 1 heterocycles. The number of hydrazine groups is 1. The number of amides is 3. The van der Waals surface area contributed by atoms with E-state index in [0.717, 1.165) is 15.6 Å². The van der Waals surface area contributed by atoms with Crippen LogP contribution in [0.2, 0.25) is 5.02 Å². The molecule has 1 fully saturated rings. The van der Waals surface area contributed by atoms with E-state index in [-0.39, 0.29) is 5.56 Å². The Bertz CT molecular complexity index is 1160. The van der Waals surface area contributed by atoms with Crippen molar-refractivity contribution in [2.45, 2.75) is 19.8 Å². The highest BCUT2D eigenvalue weighted by Crippen LogP contribution is 2.38. The molecule has 7 nitrogen and oxygen atoms in total. The summed E-state index contributed by atoms with van der Waals surface area (Å²) in [5.41, 5.74) is 1.54. The van der Waals surface area contributed by atoms with Gasteiger partial charge in [0.05, 0.1) is 18.9 Å². The number of hydrogen-bond donors (Lipinski definition) is 0. The number of carbonyl (C=O) groups is 4. The van der Waals surface area contributed by atoms with Gasteiger partial charge in [0.15, 0.2) is 5.78 Å². The number of imide groups is 1. The zero-order chi connectivity index (χ0) is 23.7. The van der Waals surface area contributed by atoms with Crippen molar-refractivity contribution in [3.05, 3.63) is 76.3 Å². The minimum atomic E-state index is -0.632. The van der Waals surface area contributed by atoms with Crippen LogP contribution in [0.15, 0.2) is 60.2 Å². The van der Waals surface area contributed by atoms with Gasteiger partial charge in [-0.25, -0.2) is 5.01 Å². The number of allylic oxidation sites excluding steroid dienone is 2. The molecule has 1 aliphatic carbocycles. The number of halogens is 1. The van der Waals surface area contributed by atoms with E-state index in [2.05, 4.69) is 0 Å². The molecule has 2 aromatic carbocycles. The average molecular weight is 467 g/mol. The van der Waals surface area contributed by atoms with E-state index < -0.39 is 41.9 Å². The Labute approximate surface area is 196 Å². The van der Waals surface area contributed by atoms with Crippen molar-refractivity contribution in [2.75, 3.05) is 13.7 Å². The predicted molar refractivity (Wildman–Crippen MR) is 122 cm³/mol. The quantitative estimate of drug-likeness (QED) is 0.366. The van der Waals surface area contributed by atoms with Crippen LogP contribution in [0.3, 0.4) is 0 Å². The summed E-state index contributed by atoms with van der Waals surface area (Å²) < 4.78 is 5.18. The number of ether oxygens (including phenoxy) is 1. The predicted octanol–water partition coefficient (Wildman–Crippen LogP) is 3.93. The van der Waals surface area contributed by atoms with E-state index in [1.807, 2.05) is 13.0 Å². The maximum Gasteiger partial charge on any atom is 0.273 e. The molecule has 2 atom stereocenters. The van der Waals surface area contributed by atoms with Crippen LogP contribution in [0.1, 0.15) is 40.5 Å². The molecule has 0 radical (unpaired) electrons. The average Bonchev–Trinajstić information content (AvgIpc) is 3.06. The van der Waals surface area contributed by atoms with Gasteiger partial charge in [0.2, 0.25) is 0 Å². The van der Waals surface area contributed by atoms with E-state index in [1.54, 1.807) is 24.3 Å². The molecule has 2 aromatic rings. The Morgan fingerprint density at radius 2 is 1.76 bits per heavy atom. The van der Waals surface area contributed by atoms with Crippen molar-refractivity contribution in [3.63, 3.8) is 0 Å². The van der Waals surface area contributed by atoms with Crippen LogP contribution in [0.25, 0.3) is 0 Å². The lowest BCUT2D eigenvalue weighted by atomic mass is 9.82. The molecule has 0 saturated carbocycles. The van der Waals surface area contributed by atoms with Gasteiger partial charge >= 0.3 is 0 Å². The van der Waals surface area contributed by atoms with E-state index in [4.69, 9.17) is 16.3 Å². The van der Waals surface area contributed by atoms with Crippen LogP contribution in [0.5, 0.6) is 5.75 Å². The number of benzene rings is 2. The van der Waals surface area contributed by atoms with E-state index in [0.29, 0.717) is 29.2 Å². The Kier molecular flexibility index (Phi) is 6.33. The second-order valence-electron chi connectivity index (χ2n) is 8.22. The van der Waals surface area contributed by atoms with Crippen LogP contribution in [-0.4, -0.2) is 47.2 Å². The first-order valence-electron chi connectivity index (χ1n) is 10.6. The molecule has 33 heavy (non-hydrogen) atoms. The standard InChI is InChI=1S/C25H23ClN2O5/c1-15-6-11-20-21(12-15)25(32)28(24(20)31)27(23(30)16-7-9-18(26)10-8-16)14-22(29)17-4-3-5-19(13-17)33-2/h3-10,13,20-21H,11-12,14H2,1-2H3/t20-,21+/m1/s1. The largest absolute Gasteiger partial charge is 0.497 e. The molecule has 0 N–H and O–H groups in total. The zero-order valence-corrected chi connectivity index (χ0v) is 19.0. The summed E-state index contributed by atoms with van der Waals surface area (Å²) in [5, 5.41) is 2.27. The molecule has 1 saturated heterocycles. The molecule has 1 aliphatic heterocycles. The van der Waals surface area contributed by atoms with Crippen LogP contribution < -0.4 is 4.74 Å². The van der Waals surface area contributed by atoms with Crippen molar-refractivity contribution in [2.24, 2.45) is 11.8 Å². The Hall–Kier alpha value is -3.45. The fraction of sp³-hybridized carbons (Fsp3) is 0.280. The van der Waals surface area contributed by atoms with Gasteiger partial charge < -0.3 is 4.74 Å². The van der Waals surface area contributed by atoms with Crippen LogP contribution in [0, 0.1) is 11.8 Å². The third-order valence-corrected chi connectivity index (χ3v) is 6.30. The normalized spacial score (nSPS) is 19.7. The summed E-state index contributed by atoms with van der Waals surface area (Å²) in [4.78, 5) is 53.1. The molecule has 8 heteroatoms. The first-order valence-corrected chi connectivity index (χ1v) is 11.0. The Balaban J connectivity index is 1.69. The minimum absolute atomic E-state index is 0.211. The number of carbonyl (C=O) groups excluding carboxylic acids is 4. The second kappa shape index (κ2) is 9.19. The number of fused-ring (bicyclic) bond motifs is 1. The molecule has 2 aliphatic rings. The van der Waals surface area contributed by atoms with Gasteiger partial charge in [-0.05, 0) is 56.2 Å². The maximum absolute atomic E-state index is 13.4. The number of hydrogen-bond acceptors (Lipinski definition) is 5. The lowest BCUT2D eigenvalue weighted by Crippen LogP contribution is -2.52. The highest BCUT2D eigenvalue weighted by molar-refractivity contribution is 6.30. The molecule has 0 unspecified atom stereocenters. The first-order chi connectivity index (χ1) is 15.8. The zero-order valence-electron chi connectivity index (χ0n) is 18.3. The maximum atomic E-state index is 13.4. The number of rotatable bonds is 6. The number of ketones is 1.